The van der Waals surface area contributed by atoms with Crippen LogP contribution in [0.4, 0.5) is 13.6 Å². The molecular formula is C15H19F2NO4. The summed E-state index contributed by atoms with van der Waals surface area (Å²) in [5.41, 5.74) is -0.805. The van der Waals surface area contributed by atoms with Gasteiger partial charge in [-0.2, -0.15) is 0 Å². The third kappa shape index (κ3) is 5.67. The Kier molecular flexibility index (Phi) is 5.84. The molecule has 0 unspecified atom stereocenters. The fourth-order valence-corrected chi connectivity index (χ4v) is 1.71. The molecule has 0 aromatic heterocycles. The van der Waals surface area contributed by atoms with Crippen LogP contribution in [0.15, 0.2) is 18.2 Å². The van der Waals surface area contributed by atoms with Gasteiger partial charge in [0.25, 0.3) is 0 Å². The molecule has 1 amide bonds. The number of methoxy groups -OCH3 is 1. The molecule has 1 rings (SSSR count). The second-order valence-electron chi connectivity index (χ2n) is 5.66. The first-order valence-corrected chi connectivity index (χ1v) is 6.63. The molecule has 0 aliphatic carbocycles. The molecule has 0 radical (unpaired) electrons. The molecule has 1 N–H and O–H groups in total. The van der Waals surface area contributed by atoms with Gasteiger partial charge in [0.15, 0.2) is 0 Å². The Morgan fingerprint density at radius 1 is 1.27 bits per heavy atom. The zero-order chi connectivity index (χ0) is 16.9. The molecule has 7 heteroatoms. The molecular weight excluding hydrogens is 296 g/mol. The molecule has 0 aliphatic rings. The third-order valence-electron chi connectivity index (χ3n) is 2.61. The summed E-state index contributed by atoms with van der Waals surface area (Å²) in [7, 11) is 1.13. The molecule has 22 heavy (non-hydrogen) atoms. The average Bonchev–Trinajstić information content (AvgIpc) is 2.39. The number of carbonyl (C=O) groups is 2. The largest absolute Gasteiger partial charge is 0.467 e. The van der Waals surface area contributed by atoms with E-state index in [-0.39, 0.29) is 12.0 Å². The first-order valence-electron chi connectivity index (χ1n) is 6.63. The molecule has 0 saturated carbocycles. The Hall–Kier alpha value is -2.18. The number of alkyl carbamates (subject to hydrolysis) is 1. The Morgan fingerprint density at radius 3 is 2.45 bits per heavy atom. The van der Waals surface area contributed by atoms with Gasteiger partial charge >= 0.3 is 12.1 Å². The molecule has 0 heterocycles. The second kappa shape index (κ2) is 7.20. The summed E-state index contributed by atoms with van der Waals surface area (Å²) in [6, 6.07) is 1.69. The van der Waals surface area contributed by atoms with Crippen molar-refractivity contribution in [1.29, 1.82) is 0 Å². The van der Waals surface area contributed by atoms with Crippen LogP contribution in [0.3, 0.4) is 0 Å². The number of esters is 1. The van der Waals surface area contributed by atoms with E-state index in [2.05, 4.69) is 10.1 Å². The van der Waals surface area contributed by atoms with Gasteiger partial charge in [-0.15, -0.1) is 0 Å². The molecule has 122 valence electrons. The van der Waals surface area contributed by atoms with Gasteiger partial charge in [0.1, 0.15) is 23.3 Å². The smallest absolute Gasteiger partial charge is 0.408 e. The standard InChI is InChI=1S/C15H19F2NO4/c1-15(2,3)22-14(20)18-12(13(19)21-4)8-9-7-10(16)5-6-11(9)17/h5-7,12H,8H2,1-4H3,(H,18,20)/t12-/m0/s1. The highest BCUT2D eigenvalue weighted by molar-refractivity contribution is 5.81. The SMILES string of the molecule is COC(=O)[C@H](Cc1cc(F)ccc1F)NC(=O)OC(C)(C)C. The van der Waals surface area contributed by atoms with Crippen LogP contribution < -0.4 is 5.32 Å². The molecule has 0 spiro atoms. The van der Waals surface area contributed by atoms with E-state index >= 15 is 0 Å². The maximum atomic E-state index is 13.6. The van der Waals surface area contributed by atoms with E-state index in [1.165, 1.54) is 0 Å². The summed E-state index contributed by atoms with van der Waals surface area (Å²) in [6.45, 7) is 4.98. The predicted molar refractivity (Wildman–Crippen MR) is 75.2 cm³/mol. The average molecular weight is 315 g/mol. The summed E-state index contributed by atoms with van der Waals surface area (Å²) in [5.74, 6) is -2.10. The molecule has 1 aromatic rings. The number of halogens is 2. The van der Waals surface area contributed by atoms with Gasteiger partial charge in [0, 0.05) is 6.42 Å². The van der Waals surface area contributed by atoms with Crippen LogP contribution in [0.2, 0.25) is 0 Å². The zero-order valence-corrected chi connectivity index (χ0v) is 12.9. The normalized spacial score (nSPS) is 12.5. The molecule has 5 nitrogen and oxygen atoms in total. The zero-order valence-electron chi connectivity index (χ0n) is 12.9. The van der Waals surface area contributed by atoms with Gasteiger partial charge < -0.3 is 14.8 Å². The Bertz CT molecular complexity index is 555. The first-order chi connectivity index (χ1) is 10.1. The minimum atomic E-state index is -1.18. The van der Waals surface area contributed by atoms with Crippen LogP contribution in [-0.2, 0) is 20.7 Å². The number of amides is 1. The Morgan fingerprint density at radius 2 is 1.91 bits per heavy atom. The molecule has 0 saturated heterocycles. The van der Waals surface area contributed by atoms with Crippen molar-refractivity contribution in [3.63, 3.8) is 0 Å². The van der Waals surface area contributed by atoms with Gasteiger partial charge in [-0.25, -0.2) is 18.4 Å². The monoisotopic (exact) mass is 315 g/mol. The van der Waals surface area contributed by atoms with E-state index in [0.29, 0.717) is 0 Å². The van der Waals surface area contributed by atoms with Crippen molar-refractivity contribution in [2.75, 3.05) is 7.11 Å². The van der Waals surface area contributed by atoms with E-state index in [4.69, 9.17) is 4.74 Å². The van der Waals surface area contributed by atoms with Crippen molar-refractivity contribution in [2.24, 2.45) is 0 Å². The third-order valence-corrected chi connectivity index (χ3v) is 2.61. The van der Waals surface area contributed by atoms with Gasteiger partial charge in [0.2, 0.25) is 0 Å². The van der Waals surface area contributed by atoms with Gasteiger partial charge in [-0.3, -0.25) is 0 Å². The van der Waals surface area contributed by atoms with Gasteiger partial charge in [0.05, 0.1) is 7.11 Å². The maximum Gasteiger partial charge on any atom is 0.408 e. The molecule has 0 fully saturated rings. The number of hydrogen-bond donors (Lipinski definition) is 1. The first kappa shape index (κ1) is 17.9. The molecule has 1 atom stereocenters. The lowest BCUT2D eigenvalue weighted by Crippen LogP contribution is -2.45. The Balaban J connectivity index is 2.87. The van der Waals surface area contributed by atoms with E-state index in [0.717, 1.165) is 25.3 Å². The number of hydrogen-bond acceptors (Lipinski definition) is 4. The van der Waals surface area contributed by atoms with Crippen molar-refractivity contribution < 1.29 is 27.8 Å². The summed E-state index contributed by atoms with van der Waals surface area (Å²) >= 11 is 0. The fraction of sp³-hybridized carbons (Fsp3) is 0.467. The summed E-state index contributed by atoms with van der Waals surface area (Å²) in [5, 5.41) is 2.29. The Labute approximate surface area is 127 Å². The number of nitrogens with one attached hydrogen (secondary N) is 1. The van der Waals surface area contributed by atoms with Crippen molar-refractivity contribution in [3.8, 4) is 0 Å². The van der Waals surface area contributed by atoms with Gasteiger partial charge in [-0.1, -0.05) is 0 Å². The quantitative estimate of drug-likeness (QED) is 0.867. The lowest BCUT2D eigenvalue weighted by molar-refractivity contribution is -0.143. The van der Waals surface area contributed by atoms with Gasteiger partial charge in [-0.05, 0) is 44.5 Å². The van der Waals surface area contributed by atoms with Crippen LogP contribution in [0.1, 0.15) is 26.3 Å². The van der Waals surface area contributed by atoms with E-state index in [9.17, 15) is 18.4 Å². The minimum Gasteiger partial charge on any atom is -0.467 e. The van der Waals surface area contributed by atoms with E-state index in [1.54, 1.807) is 20.8 Å². The number of benzene rings is 1. The molecule has 1 aromatic carbocycles. The van der Waals surface area contributed by atoms with Crippen LogP contribution in [0.5, 0.6) is 0 Å². The van der Waals surface area contributed by atoms with Crippen LogP contribution in [0.25, 0.3) is 0 Å². The highest BCUT2D eigenvalue weighted by atomic mass is 19.1. The minimum absolute atomic E-state index is 0.0496. The van der Waals surface area contributed by atoms with E-state index < -0.39 is 35.3 Å². The van der Waals surface area contributed by atoms with Crippen molar-refractivity contribution in [1.82, 2.24) is 5.32 Å². The highest BCUT2D eigenvalue weighted by Gasteiger charge is 2.26. The molecule has 0 bridgehead atoms. The summed E-state index contributed by atoms with van der Waals surface area (Å²) < 4.78 is 36.4. The van der Waals surface area contributed by atoms with E-state index in [1.807, 2.05) is 0 Å². The topological polar surface area (TPSA) is 64.6 Å². The highest BCUT2D eigenvalue weighted by Crippen LogP contribution is 2.13. The summed E-state index contributed by atoms with van der Waals surface area (Å²) in [4.78, 5) is 23.4. The van der Waals surface area contributed by atoms with Crippen molar-refractivity contribution in [3.05, 3.63) is 35.4 Å². The second-order valence-corrected chi connectivity index (χ2v) is 5.66. The fourth-order valence-electron chi connectivity index (χ4n) is 1.71. The lowest BCUT2D eigenvalue weighted by Gasteiger charge is -2.22. The summed E-state index contributed by atoms with van der Waals surface area (Å²) in [6.07, 6.45) is -1.10. The van der Waals surface area contributed by atoms with Crippen molar-refractivity contribution >= 4 is 12.1 Å². The van der Waals surface area contributed by atoms with Crippen molar-refractivity contribution in [2.45, 2.75) is 38.8 Å². The molecule has 0 aliphatic heterocycles. The maximum absolute atomic E-state index is 13.6. The van der Waals surface area contributed by atoms with Crippen LogP contribution in [-0.4, -0.2) is 30.8 Å². The predicted octanol–water partition coefficient (Wildman–Crippen LogP) is 2.57. The lowest BCUT2D eigenvalue weighted by atomic mass is 10.1. The van der Waals surface area contributed by atoms with Crippen LogP contribution in [0, 0.1) is 11.6 Å². The van der Waals surface area contributed by atoms with Crippen LogP contribution >= 0.6 is 0 Å². The number of rotatable bonds is 4. The number of ether oxygens (including phenoxy) is 2. The number of carbonyl (C=O) groups excluding carboxylic acids is 2.